The molecule has 0 radical (unpaired) electrons. The summed E-state index contributed by atoms with van der Waals surface area (Å²) in [6, 6.07) is 5.62. The molecule has 1 aromatic carbocycles. The Labute approximate surface area is 131 Å². The van der Waals surface area contributed by atoms with E-state index in [0.29, 0.717) is 13.1 Å². The van der Waals surface area contributed by atoms with Crippen LogP contribution < -0.4 is 20.1 Å². The molecule has 0 aromatic heterocycles. The summed E-state index contributed by atoms with van der Waals surface area (Å²) >= 11 is 0. The summed E-state index contributed by atoms with van der Waals surface area (Å²) in [5.74, 6) is 1.75. The van der Waals surface area contributed by atoms with E-state index < -0.39 is 0 Å². The van der Waals surface area contributed by atoms with E-state index in [4.69, 9.17) is 9.47 Å². The molecule has 2 rings (SSSR count). The number of anilines is 1. The van der Waals surface area contributed by atoms with Crippen LogP contribution in [0.1, 0.15) is 19.3 Å². The molecule has 0 bridgehead atoms. The quantitative estimate of drug-likeness (QED) is 0.600. The fourth-order valence-corrected chi connectivity index (χ4v) is 2.48. The van der Waals surface area contributed by atoms with E-state index in [1.165, 1.54) is 0 Å². The van der Waals surface area contributed by atoms with Gasteiger partial charge in [0, 0.05) is 42.9 Å². The molecule has 0 saturated carbocycles. The monoisotopic (exact) mass is 304 g/mol. The van der Waals surface area contributed by atoms with Crippen LogP contribution in [0, 0.1) is 5.92 Å². The molecular weight excluding hydrogens is 280 g/mol. The van der Waals surface area contributed by atoms with Crippen LogP contribution in [0.2, 0.25) is 0 Å². The number of rotatable bonds is 7. The molecule has 0 aliphatic heterocycles. The Bertz CT molecular complexity index is 506. The van der Waals surface area contributed by atoms with Crippen LogP contribution in [0.3, 0.4) is 0 Å². The number of ether oxygens (including phenoxy) is 2. The zero-order valence-corrected chi connectivity index (χ0v) is 13.2. The van der Waals surface area contributed by atoms with Gasteiger partial charge < -0.3 is 20.1 Å². The lowest BCUT2D eigenvalue weighted by Gasteiger charge is -2.17. The molecule has 2 N–H and O–H groups in total. The van der Waals surface area contributed by atoms with Gasteiger partial charge in [0.15, 0.2) is 0 Å². The summed E-state index contributed by atoms with van der Waals surface area (Å²) in [5.41, 5.74) is 0.908. The van der Waals surface area contributed by atoms with Gasteiger partial charge in [0.05, 0.1) is 14.2 Å². The van der Waals surface area contributed by atoms with Crippen molar-refractivity contribution in [3.63, 3.8) is 0 Å². The number of amides is 1. The number of allylic oxidation sites excluding steroid dienone is 2. The predicted octanol–water partition coefficient (Wildman–Crippen LogP) is 2.59. The smallest absolute Gasteiger partial charge is 0.223 e. The van der Waals surface area contributed by atoms with Crippen LogP contribution in [0.4, 0.5) is 5.69 Å². The highest BCUT2D eigenvalue weighted by molar-refractivity contribution is 5.79. The molecule has 1 aliphatic carbocycles. The average Bonchev–Trinajstić information content (AvgIpc) is 2.58. The number of carbonyl (C=O) groups is 1. The standard InChI is InChI=1S/C17H24N2O3/c1-21-15-10-14(11-16(12-15)22-2)18-8-9-19-17(20)13-6-4-3-5-7-13/h3-4,10-13,18H,5-9H2,1-2H3,(H,19,20)/t13-/m0/s1. The Morgan fingerprint density at radius 1 is 1.14 bits per heavy atom. The molecule has 5 nitrogen and oxygen atoms in total. The first-order chi connectivity index (χ1) is 10.7. The maximum atomic E-state index is 12.0. The van der Waals surface area contributed by atoms with Crippen molar-refractivity contribution < 1.29 is 14.3 Å². The Balaban J connectivity index is 1.76. The molecule has 1 aliphatic rings. The van der Waals surface area contributed by atoms with Gasteiger partial charge in [-0.1, -0.05) is 12.2 Å². The van der Waals surface area contributed by atoms with Crippen molar-refractivity contribution in [3.05, 3.63) is 30.4 Å². The second-order valence-electron chi connectivity index (χ2n) is 5.30. The number of benzene rings is 1. The normalized spacial score (nSPS) is 16.9. The van der Waals surface area contributed by atoms with Crippen LogP contribution in [-0.4, -0.2) is 33.2 Å². The van der Waals surface area contributed by atoms with Crippen LogP contribution in [0.5, 0.6) is 11.5 Å². The lowest BCUT2D eigenvalue weighted by atomic mass is 9.94. The third-order valence-corrected chi connectivity index (χ3v) is 3.74. The maximum absolute atomic E-state index is 12.0. The molecule has 1 atom stereocenters. The predicted molar refractivity (Wildman–Crippen MR) is 87.5 cm³/mol. The third kappa shape index (κ3) is 4.69. The van der Waals surface area contributed by atoms with Crippen molar-refractivity contribution >= 4 is 11.6 Å². The molecule has 5 heteroatoms. The van der Waals surface area contributed by atoms with Crippen molar-refractivity contribution in [1.29, 1.82) is 0 Å². The minimum Gasteiger partial charge on any atom is -0.497 e. The van der Waals surface area contributed by atoms with Gasteiger partial charge in [-0.25, -0.2) is 0 Å². The SMILES string of the molecule is COc1cc(NCCNC(=O)[C@H]2CC=CCC2)cc(OC)c1. The number of hydrogen-bond acceptors (Lipinski definition) is 4. The fourth-order valence-electron chi connectivity index (χ4n) is 2.48. The lowest BCUT2D eigenvalue weighted by Crippen LogP contribution is -2.34. The first-order valence-electron chi connectivity index (χ1n) is 7.62. The number of nitrogens with one attached hydrogen (secondary N) is 2. The largest absolute Gasteiger partial charge is 0.497 e. The summed E-state index contributed by atoms with van der Waals surface area (Å²) < 4.78 is 10.5. The molecule has 0 unspecified atom stereocenters. The number of carbonyl (C=O) groups excluding carboxylic acids is 1. The van der Waals surface area contributed by atoms with Crippen molar-refractivity contribution in [2.45, 2.75) is 19.3 Å². The summed E-state index contributed by atoms with van der Waals surface area (Å²) in [5, 5.41) is 6.25. The highest BCUT2D eigenvalue weighted by Gasteiger charge is 2.17. The zero-order chi connectivity index (χ0) is 15.8. The van der Waals surface area contributed by atoms with Crippen molar-refractivity contribution in [2.24, 2.45) is 5.92 Å². The van der Waals surface area contributed by atoms with Crippen molar-refractivity contribution in [1.82, 2.24) is 5.32 Å². The van der Waals surface area contributed by atoms with Gasteiger partial charge in [0.2, 0.25) is 5.91 Å². The van der Waals surface area contributed by atoms with Gasteiger partial charge in [0.1, 0.15) is 11.5 Å². The van der Waals surface area contributed by atoms with E-state index in [1.54, 1.807) is 14.2 Å². The summed E-state index contributed by atoms with van der Waals surface area (Å²) in [6.45, 7) is 1.25. The van der Waals surface area contributed by atoms with Crippen molar-refractivity contribution in [3.8, 4) is 11.5 Å². The molecule has 1 amide bonds. The van der Waals surface area contributed by atoms with E-state index in [9.17, 15) is 4.79 Å². The van der Waals surface area contributed by atoms with E-state index >= 15 is 0 Å². The molecule has 120 valence electrons. The maximum Gasteiger partial charge on any atom is 0.223 e. The molecular formula is C17H24N2O3. The molecule has 22 heavy (non-hydrogen) atoms. The molecule has 0 fully saturated rings. The van der Waals surface area contributed by atoms with Gasteiger partial charge in [-0.2, -0.15) is 0 Å². The Hall–Kier alpha value is -2.17. The van der Waals surface area contributed by atoms with Crippen LogP contribution >= 0.6 is 0 Å². The van der Waals surface area contributed by atoms with Crippen LogP contribution in [0.25, 0.3) is 0 Å². The van der Waals surface area contributed by atoms with Gasteiger partial charge in [-0.3, -0.25) is 4.79 Å². The molecule has 1 aromatic rings. The van der Waals surface area contributed by atoms with Gasteiger partial charge in [0.25, 0.3) is 0 Å². The van der Waals surface area contributed by atoms with E-state index in [-0.39, 0.29) is 11.8 Å². The minimum absolute atomic E-state index is 0.127. The average molecular weight is 304 g/mol. The third-order valence-electron chi connectivity index (χ3n) is 3.74. The first kappa shape index (κ1) is 16.2. The fraction of sp³-hybridized carbons (Fsp3) is 0.471. The second kappa shape index (κ2) is 8.32. The van der Waals surface area contributed by atoms with Gasteiger partial charge >= 0.3 is 0 Å². The minimum atomic E-state index is 0.127. The summed E-state index contributed by atoms with van der Waals surface area (Å²) in [4.78, 5) is 12.0. The topological polar surface area (TPSA) is 59.6 Å². The van der Waals surface area contributed by atoms with E-state index in [1.807, 2.05) is 18.2 Å². The van der Waals surface area contributed by atoms with Gasteiger partial charge in [-0.05, 0) is 19.3 Å². The van der Waals surface area contributed by atoms with Gasteiger partial charge in [-0.15, -0.1) is 0 Å². The number of methoxy groups -OCH3 is 2. The Kier molecular flexibility index (Phi) is 6.13. The first-order valence-corrected chi connectivity index (χ1v) is 7.62. The second-order valence-corrected chi connectivity index (χ2v) is 5.30. The Morgan fingerprint density at radius 2 is 1.86 bits per heavy atom. The van der Waals surface area contributed by atoms with Crippen LogP contribution in [-0.2, 0) is 4.79 Å². The van der Waals surface area contributed by atoms with Crippen molar-refractivity contribution in [2.75, 3.05) is 32.6 Å². The molecule has 0 saturated heterocycles. The molecule has 0 heterocycles. The van der Waals surface area contributed by atoms with E-state index in [2.05, 4.69) is 22.8 Å². The Morgan fingerprint density at radius 3 is 2.45 bits per heavy atom. The zero-order valence-electron chi connectivity index (χ0n) is 13.2. The van der Waals surface area contributed by atoms with Crippen LogP contribution in [0.15, 0.2) is 30.4 Å². The summed E-state index contributed by atoms with van der Waals surface area (Å²) in [6.07, 6.45) is 7.03. The van der Waals surface area contributed by atoms with E-state index in [0.717, 1.165) is 36.4 Å². The summed E-state index contributed by atoms with van der Waals surface area (Å²) in [7, 11) is 3.24. The number of hydrogen-bond donors (Lipinski definition) is 2. The molecule has 0 spiro atoms. The highest BCUT2D eigenvalue weighted by atomic mass is 16.5. The highest BCUT2D eigenvalue weighted by Crippen LogP contribution is 2.25. The lowest BCUT2D eigenvalue weighted by molar-refractivity contribution is -0.125.